The van der Waals surface area contributed by atoms with Crippen molar-refractivity contribution in [1.82, 2.24) is 5.32 Å². The predicted molar refractivity (Wildman–Crippen MR) is 136 cm³/mol. The van der Waals surface area contributed by atoms with Crippen molar-refractivity contribution in [2.24, 2.45) is 0 Å². The molecule has 4 amide bonds. The van der Waals surface area contributed by atoms with Crippen molar-refractivity contribution in [2.75, 3.05) is 19.1 Å². The molecule has 1 N–H and O–H groups in total. The summed E-state index contributed by atoms with van der Waals surface area (Å²) in [7, 11) is -1.96. The number of carbonyl (C=O) groups excluding carboxylic acids is 3. The van der Waals surface area contributed by atoms with Crippen molar-refractivity contribution in [3.05, 3.63) is 88.0 Å². The lowest BCUT2D eigenvalue weighted by Gasteiger charge is -2.26. The molecule has 0 saturated carbocycles. The third kappa shape index (κ3) is 5.40. The molecular weight excluding hydrogens is 534 g/mol. The van der Waals surface area contributed by atoms with Crippen LogP contribution in [0.15, 0.2) is 77.2 Å². The Bertz CT molecular complexity index is 1630. The van der Waals surface area contributed by atoms with Gasteiger partial charge in [0.1, 0.15) is 11.3 Å². The lowest BCUT2D eigenvalue weighted by molar-refractivity contribution is -0.387. The predicted octanol–water partition coefficient (Wildman–Crippen LogP) is 3.05. The Kier molecular flexibility index (Phi) is 7.31. The van der Waals surface area contributed by atoms with E-state index in [1.807, 2.05) is 0 Å². The average Bonchev–Trinajstić information content (AvgIpc) is 2.91. The summed E-state index contributed by atoms with van der Waals surface area (Å²) in [5, 5.41) is 13.4. The number of carbonyl (C=O) groups is 3. The summed E-state index contributed by atoms with van der Waals surface area (Å²) in [5.41, 5.74) is -0.632. The molecule has 0 aliphatic carbocycles. The summed E-state index contributed by atoms with van der Waals surface area (Å²) in [4.78, 5) is 48.5. The Morgan fingerprint density at radius 3 is 2.26 bits per heavy atom. The van der Waals surface area contributed by atoms with Crippen LogP contribution in [-0.2, 0) is 19.7 Å². The van der Waals surface area contributed by atoms with Gasteiger partial charge in [-0.15, -0.1) is 0 Å². The van der Waals surface area contributed by atoms with Gasteiger partial charge in [-0.1, -0.05) is 18.2 Å². The van der Waals surface area contributed by atoms with Crippen LogP contribution in [0.1, 0.15) is 5.56 Å². The van der Waals surface area contributed by atoms with Crippen LogP contribution < -0.4 is 23.9 Å². The molecule has 1 saturated heterocycles. The molecule has 14 heteroatoms. The number of anilines is 1. The molecule has 3 aromatic rings. The van der Waals surface area contributed by atoms with E-state index in [-0.39, 0.29) is 28.3 Å². The van der Waals surface area contributed by atoms with Crippen LogP contribution in [0.4, 0.5) is 16.2 Å². The van der Waals surface area contributed by atoms with Crippen molar-refractivity contribution in [3.63, 3.8) is 0 Å². The zero-order valence-corrected chi connectivity index (χ0v) is 21.1. The summed E-state index contributed by atoms with van der Waals surface area (Å²) in [6.07, 6.45) is 1.18. The summed E-state index contributed by atoms with van der Waals surface area (Å²) in [6, 6.07) is 13.6. The highest BCUT2D eigenvalue weighted by Crippen LogP contribution is 2.34. The molecule has 0 aromatic heterocycles. The van der Waals surface area contributed by atoms with E-state index < -0.39 is 43.5 Å². The summed E-state index contributed by atoms with van der Waals surface area (Å²) >= 11 is 0. The second-order valence-corrected chi connectivity index (χ2v) is 9.34. The molecule has 0 spiro atoms. The second kappa shape index (κ2) is 10.6. The van der Waals surface area contributed by atoms with Crippen molar-refractivity contribution in [2.45, 2.75) is 4.90 Å². The van der Waals surface area contributed by atoms with Gasteiger partial charge in [0.05, 0.1) is 24.8 Å². The van der Waals surface area contributed by atoms with E-state index in [4.69, 9.17) is 13.7 Å². The Morgan fingerprint density at radius 2 is 1.62 bits per heavy atom. The maximum Gasteiger partial charge on any atom is 0.346 e. The number of ether oxygens (including phenoxy) is 2. The van der Waals surface area contributed by atoms with Gasteiger partial charge in [0.2, 0.25) is 0 Å². The van der Waals surface area contributed by atoms with Crippen molar-refractivity contribution in [3.8, 4) is 17.2 Å². The molecule has 200 valence electrons. The fourth-order valence-electron chi connectivity index (χ4n) is 3.62. The van der Waals surface area contributed by atoms with Crippen LogP contribution in [0.2, 0.25) is 0 Å². The van der Waals surface area contributed by atoms with Gasteiger partial charge in [0, 0.05) is 6.07 Å². The molecule has 0 atom stereocenters. The number of rotatable bonds is 8. The first-order valence-corrected chi connectivity index (χ1v) is 12.4. The van der Waals surface area contributed by atoms with E-state index in [0.717, 1.165) is 17.0 Å². The van der Waals surface area contributed by atoms with Gasteiger partial charge < -0.3 is 13.7 Å². The van der Waals surface area contributed by atoms with Gasteiger partial charge in [0.15, 0.2) is 16.4 Å². The second-order valence-electron chi connectivity index (χ2n) is 7.83. The minimum absolute atomic E-state index is 0.113. The Morgan fingerprint density at radius 1 is 0.923 bits per heavy atom. The van der Waals surface area contributed by atoms with Gasteiger partial charge >= 0.3 is 16.1 Å². The number of urea groups is 1. The standard InChI is InChI=1S/C25H19N3O10S/c1-36-17-10-8-16(9-11-17)27-24(30)18(23(29)26-25(27)31)13-15-7-12-20(21(14-15)37-2)38-39(34,35)22-6-4-3-5-19(22)28(32)33/h3-14H,1-2H3,(H,26,29,31). The highest BCUT2D eigenvalue weighted by Gasteiger charge is 2.37. The fraction of sp³-hybridized carbons (Fsp3) is 0.0800. The first-order chi connectivity index (χ1) is 18.6. The number of nitro benzene ring substituents is 1. The zero-order valence-electron chi connectivity index (χ0n) is 20.3. The molecule has 3 aromatic carbocycles. The SMILES string of the molecule is COc1ccc(N2C(=O)NC(=O)C(=Cc3ccc(OS(=O)(=O)c4ccccc4[N+](=O)[O-])c(OC)c3)C2=O)cc1. The van der Waals surface area contributed by atoms with Gasteiger partial charge in [0.25, 0.3) is 17.5 Å². The molecule has 1 heterocycles. The number of amides is 4. The highest BCUT2D eigenvalue weighted by molar-refractivity contribution is 7.87. The Hall–Kier alpha value is -5.24. The topological polar surface area (TPSA) is 171 Å². The zero-order chi connectivity index (χ0) is 28.3. The molecule has 1 aliphatic heterocycles. The molecule has 1 fully saturated rings. The summed E-state index contributed by atoms with van der Waals surface area (Å²) in [6.45, 7) is 0. The maximum atomic E-state index is 13.1. The van der Waals surface area contributed by atoms with Crippen LogP contribution in [0.25, 0.3) is 6.08 Å². The summed E-state index contributed by atoms with van der Waals surface area (Å²) in [5.74, 6) is -1.75. The number of hydrogen-bond acceptors (Lipinski definition) is 10. The van der Waals surface area contributed by atoms with Gasteiger partial charge in [-0.2, -0.15) is 8.42 Å². The highest BCUT2D eigenvalue weighted by atomic mass is 32.2. The van der Waals surface area contributed by atoms with E-state index in [1.165, 1.54) is 74.9 Å². The van der Waals surface area contributed by atoms with Crippen molar-refractivity contribution in [1.29, 1.82) is 0 Å². The molecule has 39 heavy (non-hydrogen) atoms. The molecule has 4 rings (SSSR count). The lowest BCUT2D eigenvalue weighted by Crippen LogP contribution is -2.54. The molecule has 1 aliphatic rings. The Balaban J connectivity index is 1.66. The normalized spacial score (nSPS) is 14.7. The lowest BCUT2D eigenvalue weighted by atomic mass is 10.1. The third-order valence-corrected chi connectivity index (χ3v) is 6.74. The van der Waals surface area contributed by atoms with E-state index in [2.05, 4.69) is 5.32 Å². The molecule has 0 bridgehead atoms. The van der Waals surface area contributed by atoms with Gasteiger partial charge in [-0.25, -0.2) is 9.69 Å². The minimum Gasteiger partial charge on any atom is -0.497 e. The van der Waals surface area contributed by atoms with E-state index in [1.54, 1.807) is 0 Å². The van der Waals surface area contributed by atoms with Gasteiger partial charge in [-0.05, 0) is 54.1 Å². The number of nitrogens with zero attached hydrogens (tertiary/aromatic N) is 2. The van der Waals surface area contributed by atoms with Crippen LogP contribution in [-0.4, -0.2) is 45.4 Å². The van der Waals surface area contributed by atoms with Crippen LogP contribution in [0.5, 0.6) is 17.2 Å². The van der Waals surface area contributed by atoms with Crippen molar-refractivity contribution >= 4 is 45.4 Å². The minimum atomic E-state index is -4.64. The molecule has 0 radical (unpaired) electrons. The number of para-hydroxylation sites is 1. The number of benzene rings is 3. The molecule has 0 unspecified atom stereocenters. The number of imide groups is 2. The van der Waals surface area contributed by atoms with E-state index in [0.29, 0.717) is 5.75 Å². The van der Waals surface area contributed by atoms with Crippen molar-refractivity contribution < 1.29 is 41.4 Å². The number of nitro groups is 1. The number of barbiturate groups is 1. The molecular formula is C25H19N3O10S. The maximum absolute atomic E-state index is 13.1. The van der Waals surface area contributed by atoms with Crippen LogP contribution in [0, 0.1) is 10.1 Å². The number of hydrogen-bond donors (Lipinski definition) is 1. The first kappa shape index (κ1) is 26.8. The van der Waals surface area contributed by atoms with E-state index in [9.17, 15) is 32.9 Å². The quantitative estimate of drug-likeness (QED) is 0.144. The fourth-order valence-corrected chi connectivity index (χ4v) is 4.72. The number of nitrogens with one attached hydrogen (secondary N) is 1. The molecule has 13 nitrogen and oxygen atoms in total. The van der Waals surface area contributed by atoms with E-state index >= 15 is 0 Å². The monoisotopic (exact) mass is 553 g/mol. The summed E-state index contributed by atoms with van der Waals surface area (Å²) < 4.78 is 41.0. The third-order valence-electron chi connectivity index (χ3n) is 5.46. The van der Waals surface area contributed by atoms with Crippen LogP contribution in [0.3, 0.4) is 0 Å². The first-order valence-electron chi connectivity index (χ1n) is 11.0. The van der Waals surface area contributed by atoms with Gasteiger partial charge in [-0.3, -0.25) is 25.0 Å². The largest absolute Gasteiger partial charge is 0.497 e. The van der Waals surface area contributed by atoms with Crippen LogP contribution >= 0.6 is 0 Å². The Labute approximate surface area is 221 Å². The average molecular weight is 554 g/mol. The number of methoxy groups -OCH3 is 2. The smallest absolute Gasteiger partial charge is 0.346 e.